The summed E-state index contributed by atoms with van der Waals surface area (Å²) in [4.78, 5) is 4.38. The largest absolute Gasteiger partial charge is 0.497 e. The number of aliphatic hydroxyl groups is 1. The number of nitrogens with zero attached hydrogens (tertiary/aromatic N) is 1. The number of anilines is 1. The van der Waals surface area contributed by atoms with E-state index in [2.05, 4.69) is 27.8 Å². The molecule has 1 aliphatic rings. The molecule has 1 saturated heterocycles. The third-order valence-electron chi connectivity index (χ3n) is 4.41. The molecule has 0 radical (unpaired) electrons. The molecule has 2 aromatic rings. The smallest absolute Gasteiger partial charge is 0.145 e. The van der Waals surface area contributed by atoms with Crippen molar-refractivity contribution in [2.75, 3.05) is 25.5 Å². The minimum atomic E-state index is -0.133. The molecule has 0 amide bonds. The first-order chi connectivity index (χ1) is 11.6. The Bertz CT molecular complexity index is 685. The van der Waals surface area contributed by atoms with Crippen LogP contribution in [0.4, 0.5) is 5.82 Å². The van der Waals surface area contributed by atoms with Gasteiger partial charge in [0.2, 0.25) is 0 Å². The van der Waals surface area contributed by atoms with E-state index >= 15 is 0 Å². The second kappa shape index (κ2) is 7.38. The lowest BCUT2D eigenvalue weighted by molar-refractivity contribution is 0.281. The number of methoxy groups -OCH3 is 1. The third kappa shape index (κ3) is 3.80. The molecule has 1 aromatic heterocycles. The molecule has 5 nitrogen and oxygen atoms in total. The van der Waals surface area contributed by atoms with E-state index in [4.69, 9.17) is 16.3 Å². The molecule has 2 heterocycles. The molecule has 0 unspecified atom stereocenters. The average Bonchev–Trinajstić information content (AvgIpc) is 3.05. The zero-order valence-electron chi connectivity index (χ0n) is 13.7. The number of benzene rings is 1. The van der Waals surface area contributed by atoms with Gasteiger partial charge in [-0.25, -0.2) is 4.98 Å². The van der Waals surface area contributed by atoms with Crippen molar-refractivity contribution < 1.29 is 9.84 Å². The van der Waals surface area contributed by atoms with Crippen molar-refractivity contribution >= 4 is 17.4 Å². The van der Waals surface area contributed by atoms with E-state index in [1.807, 2.05) is 12.1 Å². The normalized spacial score (nSPS) is 20.1. The number of rotatable bonds is 6. The number of hydrogen-bond acceptors (Lipinski definition) is 5. The molecule has 0 aliphatic carbocycles. The Morgan fingerprint density at radius 1 is 1.33 bits per heavy atom. The van der Waals surface area contributed by atoms with Crippen LogP contribution in [-0.4, -0.2) is 35.8 Å². The second-order valence-electron chi connectivity index (χ2n) is 6.19. The van der Waals surface area contributed by atoms with E-state index in [0.29, 0.717) is 16.4 Å². The number of aliphatic hydroxyl groups excluding tert-OH is 1. The quantitative estimate of drug-likeness (QED) is 0.749. The maximum Gasteiger partial charge on any atom is 0.145 e. The minimum Gasteiger partial charge on any atom is -0.497 e. The molecule has 1 atom stereocenters. The number of hydrogen-bond donors (Lipinski definition) is 3. The summed E-state index contributed by atoms with van der Waals surface area (Å²) in [5, 5.41) is 16.7. The van der Waals surface area contributed by atoms with Crippen LogP contribution >= 0.6 is 11.6 Å². The van der Waals surface area contributed by atoms with Crippen molar-refractivity contribution in [2.24, 2.45) is 0 Å². The van der Waals surface area contributed by atoms with E-state index in [-0.39, 0.29) is 12.1 Å². The highest BCUT2D eigenvalue weighted by Crippen LogP contribution is 2.29. The maximum absolute atomic E-state index is 9.19. The van der Waals surface area contributed by atoms with Crippen LogP contribution in [0.5, 0.6) is 5.75 Å². The van der Waals surface area contributed by atoms with Crippen LogP contribution in [0.3, 0.4) is 0 Å². The Kier molecular flexibility index (Phi) is 5.23. The van der Waals surface area contributed by atoms with Crippen LogP contribution in [0.15, 0.2) is 36.5 Å². The zero-order chi connectivity index (χ0) is 17.0. The fourth-order valence-corrected chi connectivity index (χ4v) is 3.32. The van der Waals surface area contributed by atoms with Gasteiger partial charge in [-0.3, -0.25) is 0 Å². The summed E-state index contributed by atoms with van der Waals surface area (Å²) >= 11 is 6.32. The minimum absolute atomic E-state index is 0.0639. The molecule has 0 spiro atoms. The Balaban J connectivity index is 1.80. The number of aromatic nitrogens is 1. The van der Waals surface area contributed by atoms with E-state index < -0.39 is 0 Å². The monoisotopic (exact) mass is 347 g/mol. The van der Waals surface area contributed by atoms with E-state index in [9.17, 15) is 5.11 Å². The topological polar surface area (TPSA) is 66.4 Å². The summed E-state index contributed by atoms with van der Waals surface area (Å²) in [5.41, 5.74) is 1.81. The van der Waals surface area contributed by atoms with Crippen molar-refractivity contribution in [1.82, 2.24) is 10.3 Å². The average molecular weight is 348 g/mol. The molecule has 1 fully saturated rings. The molecule has 1 aromatic carbocycles. The molecule has 0 saturated carbocycles. The van der Waals surface area contributed by atoms with Gasteiger partial charge in [0.25, 0.3) is 0 Å². The van der Waals surface area contributed by atoms with Crippen molar-refractivity contribution in [3.63, 3.8) is 0 Å². The molecule has 0 bridgehead atoms. The summed E-state index contributed by atoms with van der Waals surface area (Å²) in [7, 11) is 1.67. The molecule has 128 valence electrons. The van der Waals surface area contributed by atoms with Gasteiger partial charge >= 0.3 is 0 Å². The molecule has 6 heteroatoms. The maximum atomic E-state index is 9.19. The molecular weight excluding hydrogens is 326 g/mol. The Morgan fingerprint density at radius 2 is 2.12 bits per heavy atom. The Morgan fingerprint density at radius 3 is 2.71 bits per heavy atom. The summed E-state index contributed by atoms with van der Waals surface area (Å²) in [6, 6.07) is 9.88. The van der Waals surface area contributed by atoms with Gasteiger partial charge in [-0.15, -0.1) is 0 Å². The standard InChI is InChI=1S/C18H22ClN3O2/c1-24-15-4-2-13(3-5-15)9-18(6-7-20-12-18)22-17-16(19)8-14(11-23)10-21-17/h2-5,8,10,20,23H,6-7,9,11-12H2,1H3,(H,21,22)/t18-/m0/s1. The number of halogens is 1. The first-order valence-corrected chi connectivity index (χ1v) is 8.39. The van der Waals surface area contributed by atoms with Crippen molar-refractivity contribution in [1.29, 1.82) is 0 Å². The van der Waals surface area contributed by atoms with Crippen LogP contribution in [0, 0.1) is 0 Å². The second-order valence-corrected chi connectivity index (χ2v) is 6.60. The predicted molar refractivity (Wildman–Crippen MR) is 95.7 cm³/mol. The van der Waals surface area contributed by atoms with E-state index in [0.717, 1.165) is 31.7 Å². The van der Waals surface area contributed by atoms with Gasteiger partial charge in [-0.05, 0) is 48.7 Å². The molecule has 3 rings (SSSR count). The fourth-order valence-electron chi connectivity index (χ4n) is 3.09. The van der Waals surface area contributed by atoms with Crippen LogP contribution in [0.2, 0.25) is 5.02 Å². The highest BCUT2D eigenvalue weighted by Gasteiger charge is 2.34. The highest BCUT2D eigenvalue weighted by atomic mass is 35.5. The van der Waals surface area contributed by atoms with Crippen molar-refractivity contribution in [3.05, 3.63) is 52.7 Å². The van der Waals surface area contributed by atoms with Crippen molar-refractivity contribution in [3.8, 4) is 5.75 Å². The Labute approximate surface area is 147 Å². The molecule has 1 aliphatic heterocycles. The summed E-state index contributed by atoms with van der Waals surface area (Å²) < 4.78 is 5.22. The predicted octanol–water partition coefficient (Wildman–Crippen LogP) is 2.62. The van der Waals surface area contributed by atoms with Gasteiger partial charge < -0.3 is 20.5 Å². The third-order valence-corrected chi connectivity index (χ3v) is 4.70. The van der Waals surface area contributed by atoms with Gasteiger partial charge in [0.1, 0.15) is 11.6 Å². The lowest BCUT2D eigenvalue weighted by atomic mass is 9.89. The lowest BCUT2D eigenvalue weighted by Crippen LogP contribution is -2.43. The molecular formula is C18H22ClN3O2. The van der Waals surface area contributed by atoms with Gasteiger partial charge in [0, 0.05) is 12.7 Å². The molecule has 24 heavy (non-hydrogen) atoms. The molecule has 3 N–H and O–H groups in total. The van der Waals surface area contributed by atoms with Crippen LogP contribution in [-0.2, 0) is 13.0 Å². The first-order valence-electron chi connectivity index (χ1n) is 8.01. The Hall–Kier alpha value is -1.82. The summed E-state index contributed by atoms with van der Waals surface area (Å²) in [6.45, 7) is 1.74. The van der Waals surface area contributed by atoms with Gasteiger partial charge in [-0.1, -0.05) is 23.7 Å². The number of nitrogens with one attached hydrogen (secondary N) is 2. The van der Waals surface area contributed by atoms with Gasteiger partial charge in [0.05, 0.1) is 24.3 Å². The summed E-state index contributed by atoms with van der Waals surface area (Å²) in [6.07, 6.45) is 3.50. The van der Waals surface area contributed by atoms with Crippen LogP contribution in [0.1, 0.15) is 17.5 Å². The number of pyridine rings is 1. The SMILES string of the molecule is COc1ccc(C[C@@]2(Nc3ncc(CO)cc3Cl)CCNC2)cc1. The van der Waals surface area contributed by atoms with E-state index in [1.54, 1.807) is 19.4 Å². The zero-order valence-corrected chi connectivity index (χ0v) is 14.4. The summed E-state index contributed by atoms with van der Waals surface area (Å²) in [5.74, 6) is 1.51. The highest BCUT2D eigenvalue weighted by molar-refractivity contribution is 6.33. The van der Waals surface area contributed by atoms with Gasteiger partial charge in [-0.2, -0.15) is 0 Å². The van der Waals surface area contributed by atoms with Gasteiger partial charge in [0.15, 0.2) is 0 Å². The fraction of sp³-hybridized carbons (Fsp3) is 0.389. The van der Waals surface area contributed by atoms with Crippen LogP contribution < -0.4 is 15.4 Å². The number of ether oxygens (including phenoxy) is 1. The first kappa shape index (κ1) is 17.0. The van der Waals surface area contributed by atoms with Crippen molar-refractivity contribution in [2.45, 2.75) is 25.0 Å². The van der Waals surface area contributed by atoms with E-state index in [1.165, 1.54) is 5.56 Å². The van der Waals surface area contributed by atoms with Crippen LogP contribution in [0.25, 0.3) is 0 Å². The lowest BCUT2D eigenvalue weighted by Gasteiger charge is -2.31.